The predicted octanol–water partition coefficient (Wildman–Crippen LogP) is 4.73. The highest BCUT2D eigenvalue weighted by atomic mass is 16.5. The van der Waals surface area contributed by atoms with E-state index in [9.17, 15) is 9.90 Å². The minimum Gasteiger partial charge on any atom is -0.394 e. The first-order chi connectivity index (χ1) is 17.4. The van der Waals surface area contributed by atoms with E-state index < -0.39 is 5.54 Å². The highest BCUT2D eigenvalue weighted by Crippen LogP contribution is 2.40. The molecule has 4 aromatic rings. The minimum atomic E-state index is -0.398. The van der Waals surface area contributed by atoms with Crippen LogP contribution in [0.2, 0.25) is 0 Å². The van der Waals surface area contributed by atoms with Gasteiger partial charge in [0.15, 0.2) is 6.33 Å². The van der Waals surface area contributed by atoms with Gasteiger partial charge in [-0.15, -0.1) is 0 Å². The molecule has 0 unspecified atom stereocenters. The van der Waals surface area contributed by atoms with Crippen molar-refractivity contribution in [2.24, 2.45) is 0 Å². The lowest BCUT2D eigenvalue weighted by molar-refractivity contribution is 0.0635. The van der Waals surface area contributed by atoms with Crippen molar-refractivity contribution in [1.82, 2.24) is 20.0 Å². The number of aliphatic hydroxyl groups is 1. The zero-order valence-corrected chi connectivity index (χ0v) is 20.4. The van der Waals surface area contributed by atoms with Gasteiger partial charge in [-0.25, -0.2) is 4.98 Å². The second kappa shape index (κ2) is 9.43. The van der Waals surface area contributed by atoms with Gasteiger partial charge < -0.3 is 25.2 Å². The Hall–Kier alpha value is -4.24. The summed E-state index contributed by atoms with van der Waals surface area (Å²) in [6.45, 7) is 6.64. The Labute approximate surface area is 209 Å². The van der Waals surface area contributed by atoms with E-state index in [1.165, 1.54) is 6.33 Å². The fourth-order valence-electron chi connectivity index (χ4n) is 4.76. The topological polar surface area (TPSA) is 116 Å². The molecule has 0 spiro atoms. The zero-order chi connectivity index (χ0) is 25.3. The second-order valence-corrected chi connectivity index (χ2v) is 9.15. The Kier molecular flexibility index (Phi) is 6.15. The number of carbonyl (C=O) groups excluding carboxylic acids is 1. The summed E-state index contributed by atoms with van der Waals surface area (Å²) in [5.41, 5.74) is 4.35. The van der Waals surface area contributed by atoms with Gasteiger partial charge in [-0.2, -0.15) is 4.98 Å². The summed E-state index contributed by atoms with van der Waals surface area (Å²) in [6.07, 6.45) is 2.98. The van der Waals surface area contributed by atoms with Crippen molar-refractivity contribution in [2.75, 3.05) is 23.8 Å². The van der Waals surface area contributed by atoms with Crippen molar-refractivity contribution >= 4 is 23.1 Å². The fourth-order valence-corrected chi connectivity index (χ4v) is 4.76. The van der Waals surface area contributed by atoms with Crippen LogP contribution in [0, 0.1) is 0 Å². The number of pyridine rings is 1. The van der Waals surface area contributed by atoms with E-state index in [4.69, 9.17) is 4.52 Å². The van der Waals surface area contributed by atoms with E-state index in [0.717, 1.165) is 22.4 Å². The minimum absolute atomic E-state index is 0.0496. The molecule has 9 nitrogen and oxygen atoms in total. The van der Waals surface area contributed by atoms with Gasteiger partial charge in [0, 0.05) is 30.1 Å². The summed E-state index contributed by atoms with van der Waals surface area (Å²) in [7, 11) is 0. The maximum atomic E-state index is 12.8. The average Bonchev–Trinajstić information content (AvgIpc) is 3.48. The summed E-state index contributed by atoms with van der Waals surface area (Å²) >= 11 is 0. The number of carbonyl (C=O) groups is 1. The molecule has 9 heteroatoms. The number of hydrogen-bond acceptors (Lipinski definition) is 8. The van der Waals surface area contributed by atoms with Gasteiger partial charge in [0.1, 0.15) is 5.82 Å². The Balaban J connectivity index is 1.48. The van der Waals surface area contributed by atoms with Gasteiger partial charge in [-0.3, -0.25) is 4.79 Å². The predicted molar refractivity (Wildman–Crippen MR) is 137 cm³/mol. The maximum Gasteiger partial charge on any atom is 0.261 e. The fraction of sp³-hybridized carbons (Fsp3) is 0.259. The van der Waals surface area contributed by atoms with Crippen LogP contribution in [0.3, 0.4) is 0 Å². The molecule has 1 aliphatic rings. The first kappa shape index (κ1) is 23.5. The van der Waals surface area contributed by atoms with Crippen molar-refractivity contribution in [3.8, 4) is 11.5 Å². The Morgan fingerprint density at radius 2 is 1.89 bits per heavy atom. The van der Waals surface area contributed by atoms with Crippen LogP contribution in [0.1, 0.15) is 48.3 Å². The summed E-state index contributed by atoms with van der Waals surface area (Å²) in [6, 6.07) is 16.9. The first-order valence-corrected chi connectivity index (χ1v) is 11.8. The van der Waals surface area contributed by atoms with Gasteiger partial charge in [0.05, 0.1) is 29.4 Å². The largest absolute Gasteiger partial charge is 0.394 e. The molecule has 0 fully saturated rings. The van der Waals surface area contributed by atoms with Crippen LogP contribution < -0.4 is 10.6 Å². The van der Waals surface area contributed by atoms with E-state index in [0.29, 0.717) is 29.5 Å². The third-order valence-corrected chi connectivity index (χ3v) is 6.63. The molecule has 3 N–H and O–H groups in total. The van der Waals surface area contributed by atoms with E-state index in [1.54, 1.807) is 6.20 Å². The Morgan fingerprint density at radius 1 is 1.08 bits per heavy atom. The van der Waals surface area contributed by atoms with Gasteiger partial charge in [0.2, 0.25) is 0 Å². The number of fused-ring (bicyclic) bond motifs is 1. The van der Waals surface area contributed by atoms with Crippen molar-refractivity contribution in [3.05, 3.63) is 83.8 Å². The highest BCUT2D eigenvalue weighted by Gasteiger charge is 2.41. The van der Waals surface area contributed by atoms with Crippen LogP contribution in [0.4, 0.5) is 17.2 Å². The third-order valence-electron chi connectivity index (χ3n) is 6.63. The van der Waals surface area contributed by atoms with Crippen LogP contribution in [0.5, 0.6) is 0 Å². The van der Waals surface area contributed by atoms with Crippen LogP contribution in [0.15, 0.2) is 71.6 Å². The molecule has 1 aliphatic heterocycles. The zero-order valence-electron chi connectivity index (χ0n) is 20.4. The highest BCUT2D eigenvalue weighted by molar-refractivity contribution is 6.00. The number of aromatic nitrogens is 3. The molecule has 0 saturated carbocycles. The van der Waals surface area contributed by atoms with Crippen molar-refractivity contribution in [2.45, 2.75) is 32.4 Å². The molecule has 2 aromatic heterocycles. The summed E-state index contributed by atoms with van der Waals surface area (Å²) in [5, 5.41) is 20.6. The third kappa shape index (κ3) is 4.18. The number of aliphatic hydroxyl groups excluding tert-OH is 1. The number of nitrogens with zero attached hydrogens (tertiary/aromatic N) is 4. The Morgan fingerprint density at radius 3 is 2.58 bits per heavy atom. The lowest BCUT2D eigenvalue weighted by Gasteiger charge is -2.31. The summed E-state index contributed by atoms with van der Waals surface area (Å²) in [5.74, 6) is 0.951. The molecule has 2 aromatic carbocycles. The molecule has 1 amide bonds. The van der Waals surface area contributed by atoms with Crippen molar-refractivity contribution in [1.29, 1.82) is 0 Å². The molecule has 184 valence electrons. The smallest absolute Gasteiger partial charge is 0.261 e. The van der Waals surface area contributed by atoms with Gasteiger partial charge in [0.25, 0.3) is 11.8 Å². The standard InChI is InChI=1S/C27H28N6O3/c1-4-33-26(35)19-11-10-18(12-21(19)27(33,2)3)31-24-13-22(20(14-28-24)25-29-16-30-36-25)32-23(15-34)17-8-6-5-7-9-17/h5-14,16,23,34H,4,15H2,1-3H3,(H2,28,31,32)/t23-/m1/s1. The van der Waals surface area contributed by atoms with Crippen molar-refractivity contribution in [3.63, 3.8) is 0 Å². The quantitative estimate of drug-likeness (QED) is 0.329. The maximum absolute atomic E-state index is 12.8. The number of benzene rings is 2. The molecular formula is C27H28N6O3. The van der Waals surface area contributed by atoms with Crippen LogP contribution in [0.25, 0.3) is 11.5 Å². The van der Waals surface area contributed by atoms with Crippen LogP contribution in [-0.4, -0.2) is 44.2 Å². The molecule has 0 aliphatic carbocycles. The molecule has 5 rings (SSSR count). The number of rotatable bonds is 8. The lowest BCUT2D eigenvalue weighted by Crippen LogP contribution is -2.38. The van der Waals surface area contributed by atoms with Gasteiger partial charge in [-0.1, -0.05) is 35.5 Å². The molecule has 0 bridgehead atoms. The SMILES string of the molecule is CCN1C(=O)c2ccc(Nc3cc(N[C@H](CO)c4ccccc4)c(-c4ncno4)cn3)cc2C1(C)C. The van der Waals surface area contributed by atoms with Crippen LogP contribution >= 0.6 is 0 Å². The van der Waals surface area contributed by atoms with Crippen LogP contribution in [-0.2, 0) is 5.54 Å². The molecule has 36 heavy (non-hydrogen) atoms. The van der Waals surface area contributed by atoms with E-state index in [-0.39, 0.29) is 18.6 Å². The number of amides is 1. The molecule has 1 atom stereocenters. The average molecular weight is 485 g/mol. The number of nitrogens with one attached hydrogen (secondary N) is 2. The van der Waals surface area contributed by atoms with Crippen molar-refractivity contribution < 1.29 is 14.4 Å². The normalized spacial score (nSPS) is 15.0. The summed E-state index contributed by atoms with van der Waals surface area (Å²) < 4.78 is 5.28. The second-order valence-electron chi connectivity index (χ2n) is 9.15. The van der Waals surface area contributed by atoms with Gasteiger partial charge in [-0.05, 0) is 50.1 Å². The number of hydrogen-bond donors (Lipinski definition) is 3. The number of anilines is 3. The van der Waals surface area contributed by atoms with E-state index in [2.05, 4.69) is 39.6 Å². The van der Waals surface area contributed by atoms with E-state index in [1.807, 2.05) is 66.4 Å². The molecular weight excluding hydrogens is 456 g/mol. The lowest BCUT2D eigenvalue weighted by atomic mass is 9.93. The van der Waals surface area contributed by atoms with E-state index >= 15 is 0 Å². The monoisotopic (exact) mass is 484 g/mol. The molecule has 0 saturated heterocycles. The molecule has 3 heterocycles. The molecule has 0 radical (unpaired) electrons. The first-order valence-electron chi connectivity index (χ1n) is 11.8. The summed E-state index contributed by atoms with van der Waals surface area (Å²) in [4.78, 5) is 23.4. The van der Waals surface area contributed by atoms with Gasteiger partial charge >= 0.3 is 0 Å². The Bertz CT molecular complexity index is 1370.